The minimum atomic E-state index is -4.67. The molecular formula is C34H43BrF3N7O3. The van der Waals surface area contributed by atoms with Gasteiger partial charge in [-0.1, -0.05) is 12.1 Å². The van der Waals surface area contributed by atoms with Crippen molar-refractivity contribution in [3.8, 4) is 0 Å². The van der Waals surface area contributed by atoms with Gasteiger partial charge in [0.25, 0.3) is 0 Å². The molecule has 3 aliphatic heterocycles. The predicted octanol–water partition coefficient (Wildman–Crippen LogP) is 4.34. The van der Waals surface area contributed by atoms with Gasteiger partial charge in [0.05, 0.1) is 28.2 Å². The zero-order valence-corrected chi connectivity index (χ0v) is 28.7. The van der Waals surface area contributed by atoms with E-state index < -0.39 is 23.3 Å². The molecular weight excluding hydrogens is 691 g/mol. The van der Waals surface area contributed by atoms with Crippen molar-refractivity contribution in [2.45, 2.75) is 56.8 Å². The molecule has 2 amide bonds. The van der Waals surface area contributed by atoms with Crippen LogP contribution in [0.3, 0.4) is 0 Å². The maximum atomic E-state index is 14.1. The van der Waals surface area contributed by atoms with Crippen LogP contribution in [0.4, 0.5) is 18.9 Å². The molecule has 2 aromatic carbocycles. The third-order valence-electron chi connectivity index (χ3n) is 10.4. The van der Waals surface area contributed by atoms with Gasteiger partial charge >= 0.3 is 11.9 Å². The van der Waals surface area contributed by atoms with Gasteiger partial charge in [0.1, 0.15) is 0 Å². The van der Waals surface area contributed by atoms with Crippen LogP contribution in [0.2, 0.25) is 0 Å². The number of anilines is 1. The molecule has 0 aliphatic carbocycles. The van der Waals surface area contributed by atoms with Crippen LogP contribution in [0, 0.1) is 5.92 Å². The van der Waals surface area contributed by atoms with Gasteiger partial charge < -0.3 is 25.4 Å². The molecule has 3 saturated heterocycles. The lowest BCUT2D eigenvalue weighted by Gasteiger charge is -2.43. The Morgan fingerprint density at radius 3 is 2.25 bits per heavy atom. The molecule has 0 unspecified atom stereocenters. The lowest BCUT2D eigenvalue weighted by Crippen LogP contribution is -2.55. The number of hydrogen-bond acceptors (Lipinski definition) is 6. The number of imidazole rings is 1. The summed E-state index contributed by atoms with van der Waals surface area (Å²) in [6.45, 7) is 5.40. The van der Waals surface area contributed by atoms with Crippen molar-refractivity contribution < 1.29 is 22.8 Å². The van der Waals surface area contributed by atoms with E-state index >= 15 is 0 Å². The summed E-state index contributed by atoms with van der Waals surface area (Å²) in [5.41, 5.74) is 6.07. The van der Waals surface area contributed by atoms with Gasteiger partial charge in [0.2, 0.25) is 11.8 Å². The smallest absolute Gasteiger partial charge is 0.397 e. The Bertz CT molecular complexity index is 1690. The van der Waals surface area contributed by atoms with E-state index in [0.29, 0.717) is 45.1 Å². The molecule has 1 aromatic heterocycles. The average Bonchev–Trinajstić information content (AvgIpc) is 3.41. The quantitative estimate of drug-likeness (QED) is 0.350. The second-order valence-electron chi connectivity index (χ2n) is 13.5. The fourth-order valence-electron chi connectivity index (χ4n) is 7.63. The number of alkyl halides is 3. The third-order valence-corrected chi connectivity index (χ3v) is 11.0. The summed E-state index contributed by atoms with van der Waals surface area (Å²) >= 11 is 3.17. The van der Waals surface area contributed by atoms with Crippen molar-refractivity contribution in [1.29, 1.82) is 0 Å². The number of aromatic amines is 1. The third kappa shape index (κ3) is 7.45. The van der Waals surface area contributed by atoms with E-state index in [1.165, 1.54) is 6.07 Å². The summed E-state index contributed by atoms with van der Waals surface area (Å²) in [5.74, 6) is -1.26. The van der Waals surface area contributed by atoms with E-state index in [9.17, 15) is 27.6 Å². The Kier molecular flexibility index (Phi) is 10.2. The number of likely N-dealkylation sites (tertiary alicyclic amines) is 2. The number of aromatic nitrogens is 2. The number of hydrogen-bond donors (Lipinski definition) is 2. The number of fused-ring (bicyclic) bond motifs is 1. The molecule has 3 aliphatic rings. The summed E-state index contributed by atoms with van der Waals surface area (Å²) in [4.78, 5) is 51.7. The highest BCUT2D eigenvalue weighted by molar-refractivity contribution is 9.10. The van der Waals surface area contributed by atoms with Crippen molar-refractivity contribution in [3.63, 3.8) is 0 Å². The first-order chi connectivity index (χ1) is 22.9. The van der Waals surface area contributed by atoms with Crippen molar-refractivity contribution in [2.75, 3.05) is 65.1 Å². The maximum Gasteiger partial charge on any atom is 0.418 e. The summed E-state index contributed by atoms with van der Waals surface area (Å²) in [6, 6.07) is 10.4. The largest absolute Gasteiger partial charge is 0.418 e. The van der Waals surface area contributed by atoms with Crippen molar-refractivity contribution in [2.24, 2.45) is 5.92 Å². The van der Waals surface area contributed by atoms with Gasteiger partial charge in [-0.3, -0.25) is 19.1 Å². The zero-order chi connectivity index (χ0) is 34.2. The number of amides is 2. The molecule has 6 rings (SSSR count). The Balaban J connectivity index is 1.16. The maximum absolute atomic E-state index is 14.1. The lowest BCUT2D eigenvalue weighted by molar-refractivity contribution is -0.143. The first-order valence-electron chi connectivity index (χ1n) is 16.7. The Morgan fingerprint density at radius 2 is 1.58 bits per heavy atom. The Labute approximate surface area is 286 Å². The van der Waals surface area contributed by atoms with Crippen molar-refractivity contribution >= 4 is 44.5 Å². The van der Waals surface area contributed by atoms with Crippen LogP contribution in [0.1, 0.15) is 49.3 Å². The second-order valence-corrected chi connectivity index (χ2v) is 14.3. The molecule has 3 fully saturated rings. The van der Waals surface area contributed by atoms with Crippen LogP contribution in [-0.2, 0) is 22.2 Å². The normalized spacial score (nSPS) is 20.0. The molecule has 48 heavy (non-hydrogen) atoms. The minimum Gasteiger partial charge on any atom is -0.397 e. The molecule has 10 nitrogen and oxygen atoms in total. The van der Waals surface area contributed by atoms with Gasteiger partial charge in [0.15, 0.2) is 0 Å². The molecule has 0 radical (unpaired) electrons. The molecule has 1 atom stereocenters. The zero-order valence-electron chi connectivity index (χ0n) is 27.1. The number of carbonyl (C=O) groups is 2. The standard InChI is InChI=1S/C34H43BrF3N7O3/c1-41-10-6-24(7-11-41)42-14-16-44(17-15-42)32(47)23(18-22-19-26(34(36,37)38)31(39)27(35)20-22)21-30(46)43-12-8-25(9-13-43)45-29-5-3-2-4-28(29)40-33(45)48/h2-5,19-20,23-25H,6-18,21,39H2,1H3,(H,40,48)/t23-/m0/s1. The number of nitrogens with two attached hydrogens (primary N) is 1. The van der Waals surface area contributed by atoms with Crippen LogP contribution in [-0.4, -0.2) is 106 Å². The first kappa shape index (κ1) is 34.5. The van der Waals surface area contributed by atoms with Crippen molar-refractivity contribution in [1.82, 2.24) is 29.2 Å². The minimum absolute atomic E-state index is 0.0249. The molecule has 14 heteroatoms. The predicted molar refractivity (Wildman–Crippen MR) is 181 cm³/mol. The number of piperidine rings is 2. The number of piperazine rings is 1. The summed E-state index contributed by atoms with van der Waals surface area (Å²) in [6.07, 6.45) is -1.49. The van der Waals surface area contributed by atoms with Crippen LogP contribution in [0.15, 0.2) is 45.7 Å². The molecule has 4 heterocycles. The van der Waals surface area contributed by atoms with Crippen molar-refractivity contribution in [3.05, 3.63) is 62.5 Å². The number of nitrogen functional groups attached to an aromatic ring is 1. The fraction of sp³-hybridized carbons (Fsp3) is 0.559. The first-order valence-corrected chi connectivity index (χ1v) is 17.5. The SMILES string of the molecule is CN1CCC(N2CCN(C(=O)[C@H](CC(=O)N3CCC(n4c(=O)[nH]c5ccccc54)CC3)Cc3cc(Br)c(N)c(C(F)(F)F)c3)CC2)CC1. The Morgan fingerprint density at radius 1 is 0.938 bits per heavy atom. The second kappa shape index (κ2) is 14.2. The van der Waals surface area contributed by atoms with E-state index in [2.05, 4.69) is 37.8 Å². The molecule has 0 saturated carbocycles. The summed E-state index contributed by atoms with van der Waals surface area (Å²) < 4.78 is 43.4. The number of para-hydroxylation sites is 2. The van der Waals surface area contributed by atoms with E-state index in [0.717, 1.165) is 56.1 Å². The monoisotopic (exact) mass is 733 g/mol. The number of H-pyrrole nitrogens is 1. The highest BCUT2D eigenvalue weighted by Crippen LogP contribution is 2.39. The van der Waals surface area contributed by atoms with Gasteiger partial charge in [-0.2, -0.15) is 13.2 Å². The van der Waals surface area contributed by atoms with E-state index in [4.69, 9.17) is 5.73 Å². The van der Waals surface area contributed by atoms with Gasteiger partial charge in [0, 0.05) is 62.2 Å². The van der Waals surface area contributed by atoms with Crippen LogP contribution < -0.4 is 11.4 Å². The topological polar surface area (TPSA) is 111 Å². The molecule has 3 aromatic rings. The van der Waals surface area contributed by atoms with E-state index in [1.54, 1.807) is 14.4 Å². The fourth-order valence-corrected chi connectivity index (χ4v) is 8.14. The number of benzene rings is 2. The average molecular weight is 735 g/mol. The number of rotatable bonds is 7. The van der Waals surface area contributed by atoms with Gasteiger partial charge in [-0.15, -0.1) is 0 Å². The molecule has 3 N–H and O–H groups in total. The molecule has 0 bridgehead atoms. The van der Waals surface area contributed by atoms with Crippen LogP contribution in [0.5, 0.6) is 0 Å². The number of carbonyl (C=O) groups excluding carboxylic acids is 2. The van der Waals surface area contributed by atoms with E-state index in [-0.39, 0.29) is 46.4 Å². The van der Waals surface area contributed by atoms with Gasteiger partial charge in [-0.25, -0.2) is 4.79 Å². The number of nitrogens with one attached hydrogen (secondary N) is 1. The lowest BCUT2D eigenvalue weighted by atomic mass is 9.92. The van der Waals surface area contributed by atoms with Crippen LogP contribution in [0.25, 0.3) is 11.0 Å². The molecule has 260 valence electrons. The van der Waals surface area contributed by atoms with E-state index in [1.807, 2.05) is 24.3 Å². The highest BCUT2D eigenvalue weighted by Gasteiger charge is 2.37. The van der Waals surface area contributed by atoms with Gasteiger partial charge in [-0.05, 0) is 98.0 Å². The number of nitrogens with zero attached hydrogens (tertiary/aromatic N) is 5. The summed E-state index contributed by atoms with van der Waals surface area (Å²) in [7, 11) is 2.12. The van der Waals surface area contributed by atoms with Crippen LogP contribution >= 0.6 is 15.9 Å². The summed E-state index contributed by atoms with van der Waals surface area (Å²) in [5, 5.41) is 0. The Hall–Kier alpha value is -3.36. The highest BCUT2D eigenvalue weighted by atomic mass is 79.9. The number of halogens is 4. The molecule has 0 spiro atoms.